The Morgan fingerprint density at radius 3 is 2.59 bits per heavy atom. The van der Waals surface area contributed by atoms with Gasteiger partial charge in [0.15, 0.2) is 5.78 Å². The highest BCUT2D eigenvalue weighted by atomic mass is 32.1. The van der Waals surface area contributed by atoms with Crippen molar-refractivity contribution in [2.75, 3.05) is 6.54 Å². The molecule has 0 radical (unpaired) electrons. The molecule has 0 saturated carbocycles. The highest BCUT2D eigenvalue weighted by Gasteiger charge is 2.24. The molecule has 2 heterocycles. The fourth-order valence-electron chi connectivity index (χ4n) is 2.44. The lowest BCUT2D eigenvalue weighted by Gasteiger charge is -2.26. The van der Waals surface area contributed by atoms with Crippen LogP contribution in [0.2, 0.25) is 0 Å². The third kappa shape index (κ3) is 2.93. The Labute approximate surface area is 132 Å². The number of Topliss-reactive ketones (excluding diaryl/α,β-unsaturated/α-hetero) is 1. The molecule has 0 bridgehead atoms. The molecule has 1 fully saturated rings. The van der Waals surface area contributed by atoms with Crippen molar-refractivity contribution in [2.24, 2.45) is 5.73 Å². The smallest absolute Gasteiger partial charge is 0.248 e. The van der Waals surface area contributed by atoms with Crippen molar-refractivity contribution < 1.29 is 9.59 Å². The number of amides is 1. The number of benzene rings is 1. The van der Waals surface area contributed by atoms with Gasteiger partial charge in [-0.3, -0.25) is 9.59 Å². The molecule has 1 amide bonds. The average Bonchev–Trinajstić information content (AvgIpc) is 2.85. The Morgan fingerprint density at radius 1 is 1.36 bits per heavy atom. The summed E-state index contributed by atoms with van der Waals surface area (Å²) in [7, 11) is 0. The van der Waals surface area contributed by atoms with Gasteiger partial charge in [-0.05, 0) is 37.6 Å². The Bertz CT molecular complexity index is 717. The Morgan fingerprint density at radius 2 is 2.05 bits per heavy atom. The molecule has 114 valence electrons. The van der Waals surface area contributed by atoms with Crippen LogP contribution in [0.15, 0.2) is 24.3 Å². The zero-order valence-corrected chi connectivity index (χ0v) is 13.1. The highest BCUT2D eigenvalue weighted by molar-refractivity contribution is 7.15. The van der Waals surface area contributed by atoms with E-state index in [1.807, 2.05) is 19.1 Å². The topological polar surface area (TPSA) is 85.1 Å². The maximum atomic E-state index is 12.5. The van der Waals surface area contributed by atoms with E-state index in [4.69, 9.17) is 5.73 Å². The summed E-state index contributed by atoms with van der Waals surface area (Å²) < 4.78 is 0. The van der Waals surface area contributed by atoms with Gasteiger partial charge < -0.3 is 11.1 Å². The van der Waals surface area contributed by atoms with Gasteiger partial charge in [-0.2, -0.15) is 0 Å². The van der Waals surface area contributed by atoms with E-state index in [2.05, 4.69) is 10.3 Å². The van der Waals surface area contributed by atoms with E-state index in [9.17, 15) is 9.59 Å². The van der Waals surface area contributed by atoms with Crippen molar-refractivity contribution in [3.05, 3.63) is 40.5 Å². The molecule has 3 rings (SSSR count). The molecule has 0 aliphatic carbocycles. The number of ketones is 1. The molecule has 1 aliphatic heterocycles. The highest BCUT2D eigenvalue weighted by Crippen LogP contribution is 2.31. The van der Waals surface area contributed by atoms with Crippen molar-refractivity contribution >= 4 is 23.0 Å². The number of aromatic nitrogens is 1. The molecular weight excluding hydrogens is 298 g/mol. The molecule has 6 heteroatoms. The van der Waals surface area contributed by atoms with E-state index >= 15 is 0 Å². The molecule has 1 aliphatic rings. The summed E-state index contributed by atoms with van der Waals surface area (Å²) in [6.45, 7) is 2.87. The number of thiazole rings is 1. The number of carbonyl (C=O) groups excluding carboxylic acids is 2. The Kier molecular flexibility index (Phi) is 4.04. The minimum atomic E-state index is -0.459. The fourth-order valence-corrected chi connectivity index (χ4v) is 3.38. The third-order valence-electron chi connectivity index (χ3n) is 3.79. The lowest BCUT2D eigenvalue weighted by molar-refractivity contribution is 0.0950. The van der Waals surface area contributed by atoms with Crippen LogP contribution >= 0.6 is 11.3 Å². The summed E-state index contributed by atoms with van der Waals surface area (Å²) in [6, 6.07) is 7.25. The van der Waals surface area contributed by atoms with E-state index in [0.29, 0.717) is 17.7 Å². The van der Waals surface area contributed by atoms with Crippen LogP contribution in [0.4, 0.5) is 0 Å². The summed E-state index contributed by atoms with van der Waals surface area (Å²) >= 11 is 1.49. The van der Waals surface area contributed by atoms with E-state index < -0.39 is 5.91 Å². The standard InChI is InChI=1S/C16H17N3O2S/c1-9-19-14(13(20)8-12-6-7-18-12)15(22-9)10-2-4-11(5-3-10)16(17)21/h2-5,12,18H,6-8H2,1H3,(H2,17,21). The lowest BCUT2D eigenvalue weighted by atomic mass is 9.98. The summed E-state index contributed by atoms with van der Waals surface area (Å²) in [5.74, 6) is -0.394. The summed E-state index contributed by atoms with van der Waals surface area (Å²) in [6.07, 6.45) is 1.52. The lowest BCUT2D eigenvalue weighted by Crippen LogP contribution is -2.44. The normalized spacial score (nSPS) is 17.0. The van der Waals surface area contributed by atoms with Crippen LogP contribution in [0, 0.1) is 6.92 Å². The summed E-state index contributed by atoms with van der Waals surface area (Å²) in [4.78, 5) is 28.9. The van der Waals surface area contributed by atoms with Crippen molar-refractivity contribution in [1.82, 2.24) is 10.3 Å². The summed E-state index contributed by atoms with van der Waals surface area (Å²) in [5.41, 5.74) is 7.13. The molecule has 5 nitrogen and oxygen atoms in total. The first-order valence-electron chi connectivity index (χ1n) is 7.19. The average molecular weight is 315 g/mol. The number of aryl methyl sites for hydroxylation is 1. The first-order valence-corrected chi connectivity index (χ1v) is 8.00. The number of primary amides is 1. The first-order chi connectivity index (χ1) is 10.5. The molecule has 1 atom stereocenters. The fraction of sp³-hybridized carbons (Fsp3) is 0.312. The monoisotopic (exact) mass is 315 g/mol. The van der Waals surface area contributed by atoms with Crippen LogP contribution in [0.25, 0.3) is 10.4 Å². The first kappa shape index (κ1) is 14.9. The second-order valence-electron chi connectivity index (χ2n) is 5.42. The van der Waals surface area contributed by atoms with Gasteiger partial charge in [-0.25, -0.2) is 4.98 Å². The number of carbonyl (C=O) groups is 2. The van der Waals surface area contributed by atoms with Gasteiger partial charge in [0.25, 0.3) is 0 Å². The molecule has 1 aromatic heterocycles. The van der Waals surface area contributed by atoms with E-state index in [-0.39, 0.29) is 11.8 Å². The van der Waals surface area contributed by atoms with Crippen LogP contribution in [0.5, 0.6) is 0 Å². The Balaban J connectivity index is 1.89. The van der Waals surface area contributed by atoms with Gasteiger partial charge in [0.2, 0.25) is 5.91 Å². The maximum Gasteiger partial charge on any atom is 0.248 e. The second kappa shape index (κ2) is 5.98. The minimum absolute atomic E-state index is 0.0653. The Hall–Kier alpha value is -2.05. The van der Waals surface area contributed by atoms with Crippen LogP contribution < -0.4 is 11.1 Å². The quantitative estimate of drug-likeness (QED) is 0.828. The van der Waals surface area contributed by atoms with Gasteiger partial charge in [-0.1, -0.05) is 12.1 Å². The SMILES string of the molecule is Cc1nc(C(=O)CC2CCN2)c(-c2ccc(C(N)=O)cc2)s1. The van der Waals surface area contributed by atoms with Gasteiger partial charge >= 0.3 is 0 Å². The third-order valence-corrected chi connectivity index (χ3v) is 4.81. The molecular formula is C16H17N3O2S. The number of nitrogens with two attached hydrogens (primary N) is 1. The van der Waals surface area contributed by atoms with Crippen LogP contribution in [-0.2, 0) is 0 Å². The zero-order valence-electron chi connectivity index (χ0n) is 12.3. The van der Waals surface area contributed by atoms with Crippen molar-refractivity contribution in [3.63, 3.8) is 0 Å². The second-order valence-corrected chi connectivity index (χ2v) is 6.62. The van der Waals surface area contributed by atoms with Crippen molar-refractivity contribution in [2.45, 2.75) is 25.8 Å². The summed E-state index contributed by atoms with van der Waals surface area (Å²) in [5, 5.41) is 4.10. The predicted molar refractivity (Wildman–Crippen MR) is 86.2 cm³/mol. The number of nitrogens with zero attached hydrogens (tertiary/aromatic N) is 1. The maximum absolute atomic E-state index is 12.5. The van der Waals surface area contributed by atoms with Crippen molar-refractivity contribution in [3.8, 4) is 10.4 Å². The number of hydrogen-bond donors (Lipinski definition) is 2. The number of nitrogens with one attached hydrogen (secondary N) is 1. The van der Waals surface area contributed by atoms with Crippen LogP contribution in [0.3, 0.4) is 0 Å². The van der Waals surface area contributed by atoms with Gasteiger partial charge in [0, 0.05) is 18.0 Å². The molecule has 1 unspecified atom stereocenters. The van der Waals surface area contributed by atoms with Gasteiger partial charge in [0.05, 0.1) is 9.88 Å². The molecule has 22 heavy (non-hydrogen) atoms. The van der Waals surface area contributed by atoms with E-state index in [1.165, 1.54) is 11.3 Å². The largest absolute Gasteiger partial charge is 0.366 e. The molecule has 3 N–H and O–H groups in total. The number of rotatable bonds is 5. The molecule has 2 aromatic rings. The van der Waals surface area contributed by atoms with Crippen LogP contribution in [0.1, 0.15) is 38.7 Å². The van der Waals surface area contributed by atoms with Crippen LogP contribution in [-0.4, -0.2) is 29.3 Å². The number of hydrogen-bond acceptors (Lipinski definition) is 5. The predicted octanol–water partition coefficient (Wildman–Crippen LogP) is 2.15. The zero-order chi connectivity index (χ0) is 15.7. The molecule has 1 saturated heterocycles. The molecule has 0 spiro atoms. The van der Waals surface area contributed by atoms with E-state index in [0.717, 1.165) is 28.4 Å². The van der Waals surface area contributed by atoms with Gasteiger partial charge in [-0.15, -0.1) is 11.3 Å². The molecule has 1 aromatic carbocycles. The van der Waals surface area contributed by atoms with Gasteiger partial charge in [0.1, 0.15) is 5.69 Å². The van der Waals surface area contributed by atoms with Crippen molar-refractivity contribution in [1.29, 1.82) is 0 Å². The minimum Gasteiger partial charge on any atom is -0.366 e. The van der Waals surface area contributed by atoms with E-state index in [1.54, 1.807) is 12.1 Å².